The van der Waals surface area contributed by atoms with Gasteiger partial charge >= 0.3 is 0 Å². The first kappa shape index (κ1) is 23.2. The van der Waals surface area contributed by atoms with Gasteiger partial charge in [0.25, 0.3) is 0 Å². The Kier molecular flexibility index (Phi) is 6.53. The molecule has 2 aromatic heterocycles. The molecule has 5 rings (SSSR count). The van der Waals surface area contributed by atoms with Crippen LogP contribution in [0.15, 0.2) is 48.9 Å². The molecule has 0 aliphatic carbocycles. The number of anilines is 1. The third-order valence-corrected chi connectivity index (χ3v) is 7.56. The number of rotatable bonds is 5. The Morgan fingerprint density at radius 1 is 1.26 bits per heavy atom. The molecule has 0 radical (unpaired) electrons. The number of ether oxygens (including phenoxy) is 1. The summed E-state index contributed by atoms with van der Waals surface area (Å²) in [5, 5.41) is 16.0. The molecule has 0 spiro atoms. The molecule has 1 aromatic carbocycles. The zero-order valence-electron chi connectivity index (χ0n) is 19.2. The van der Waals surface area contributed by atoms with Crippen LogP contribution < -0.4 is 5.32 Å². The van der Waals surface area contributed by atoms with Gasteiger partial charge in [0, 0.05) is 29.0 Å². The number of nitrogens with zero attached hydrogens (tertiary/aromatic N) is 3. The van der Waals surface area contributed by atoms with Crippen LogP contribution in [0.5, 0.6) is 0 Å². The van der Waals surface area contributed by atoms with Crippen LogP contribution in [-0.2, 0) is 16.0 Å². The van der Waals surface area contributed by atoms with Crippen molar-refractivity contribution in [2.45, 2.75) is 43.7 Å². The average molecular weight is 481 g/mol. The van der Waals surface area contributed by atoms with Gasteiger partial charge in [-0.05, 0) is 79.6 Å². The van der Waals surface area contributed by atoms with Crippen LogP contribution in [-0.4, -0.2) is 63.8 Å². The Balaban J connectivity index is 1.30. The number of pyridine rings is 2. The maximum absolute atomic E-state index is 12.4. The van der Waals surface area contributed by atoms with Crippen molar-refractivity contribution in [2.24, 2.45) is 0 Å². The first-order valence-corrected chi connectivity index (χ1v) is 12.1. The molecule has 2 N–H and O–H groups in total. The van der Waals surface area contributed by atoms with Gasteiger partial charge in [-0.2, -0.15) is 0 Å². The number of hydrogen-bond acceptors (Lipinski definition) is 6. The Labute approximate surface area is 204 Å². The number of fused-ring (bicyclic) bond motifs is 1. The number of likely N-dealkylation sites (tertiary alicyclic amines) is 1. The van der Waals surface area contributed by atoms with Crippen LogP contribution in [0.3, 0.4) is 0 Å². The summed E-state index contributed by atoms with van der Waals surface area (Å²) in [4.78, 5) is 23.2. The van der Waals surface area contributed by atoms with E-state index in [1.165, 1.54) is 0 Å². The zero-order valence-corrected chi connectivity index (χ0v) is 20.0. The van der Waals surface area contributed by atoms with Crippen molar-refractivity contribution >= 4 is 34.1 Å². The Hall–Kier alpha value is -2.58. The van der Waals surface area contributed by atoms with E-state index in [2.05, 4.69) is 33.2 Å². The van der Waals surface area contributed by atoms with Crippen molar-refractivity contribution < 1.29 is 14.6 Å². The number of amides is 1. The molecule has 8 heteroatoms. The predicted octanol–water partition coefficient (Wildman–Crippen LogP) is 3.79. The molecule has 4 heterocycles. The highest BCUT2D eigenvalue weighted by Gasteiger charge is 2.45. The molecule has 3 aromatic rings. The molecular weight excluding hydrogens is 452 g/mol. The van der Waals surface area contributed by atoms with Crippen molar-refractivity contribution in [1.82, 2.24) is 14.9 Å². The van der Waals surface area contributed by atoms with Crippen LogP contribution in [0, 0.1) is 0 Å². The van der Waals surface area contributed by atoms with Crippen LogP contribution >= 0.6 is 11.6 Å². The Bertz CT molecular complexity index is 1180. The number of carbonyl (C=O) groups excluding carboxylic acids is 1. The molecule has 0 saturated carbocycles. The molecule has 2 fully saturated rings. The molecule has 0 unspecified atom stereocenters. The van der Waals surface area contributed by atoms with Crippen molar-refractivity contribution in [3.63, 3.8) is 0 Å². The molecule has 0 bridgehead atoms. The second kappa shape index (κ2) is 9.58. The second-order valence-electron chi connectivity index (χ2n) is 9.53. The second-order valence-corrected chi connectivity index (χ2v) is 9.93. The molecule has 1 amide bonds. The first-order valence-electron chi connectivity index (χ1n) is 11.7. The van der Waals surface area contributed by atoms with Crippen LogP contribution in [0.4, 0.5) is 5.82 Å². The summed E-state index contributed by atoms with van der Waals surface area (Å²) in [6.45, 7) is 4.84. The van der Waals surface area contributed by atoms with Gasteiger partial charge in [-0.1, -0.05) is 17.7 Å². The molecule has 7 nitrogen and oxygen atoms in total. The molecule has 34 heavy (non-hydrogen) atoms. The number of hydrogen-bond donors (Lipinski definition) is 2. The summed E-state index contributed by atoms with van der Waals surface area (Å²) in [6.07, 6.45) is 6.85. The van der Waals surface area contributed by atoms with E-state index < -0.39 is 6.10 Å². The highest BCUT2D eigenvalue weighted by Crippen LogP contribution is 2.38. The van der Waals surface area contributed by atoms with E-state index in [4.69, 9.17) is 16.3 Å². The van der Waals surface area contributed by atoms with Gasteiger partial charge in [-0.3, -0.25) is 14.7 Å². The lowest BCUT2D eigenvalue weighted by atomic mass is 9.85. The van der Waals surface area contributed by atoms with E-state index in [9.17, 15) is 9.90 Å². The molecular formula is C26H29ClN4O3. The Morgan fingerprint density at radius 2 is 2.09 bits per heavy atom. The maximum Gasteiger partial charge on any atom is 0.230 e. The van der Waals surface area contributed by atoms with Crippen LogP contribution in [0.25, 0.3) is 10.8 Å². The standard InChI is InChI=1S/C26H29ClN4O3/c1-26(16-34-15-23(26)32)31-7-4-18(5-8-31)21-10-19-12-24(29-14-20(19)11-22(21)27)30-25(33)9-17-3-2-6-28-13-17/h2-3,6,10-14,18,23,32H,4-5,7-9,15-16H2,1H3,(H,29,30,33)/t23-,26+/m1/s1. The quantitative estimate of drug-likeness (QED) is 0.577. The minimum absolute atomic E-state index is 0.131. The van der Waals surface area contributed by atoms with E-state index in [0.717, 1.165) is 52.9 Å². The fourth-order valence-corrected chi connectivity index (χ4v) is 5.42. The SMILES string of the molecule is C[C@]1(N2CCC(c3cc4cc(NC(=O)Cc5cccnc5)ncc4cc3Cl)CC2)COC[C@H]1O. The average Bonchev–Trinajstić information content (AvgIpc) is 3.18. The number of aromatic nitrogens is 2. The van der Waals surface area contributed by atoms with E-state index >= 15 is 0 Å². The highest BCUT2D eigenvalue weighted by molar-refractivity contribution is 6.32. The summed E-state index contributed by atoms with van der Waals surface area (Å²) in [7, 11) is 0. The highest BCUT2D eigenvalue weighted by atomic mass is 35.5. The number of aliphatic hydroxyl groups is 1. The number of piperidine rings is 1. The Morgan fingerprint density at radius 3 is 2.79 bits per heavy atom. The number of carbonyl (C=O) groups is 1. The van der Waals surface area contributed by atoms with Gasteiger partial charge in [0.05, 0.1) is 31.3 Å². The molecule has 2 aliphatic heterocycles. The van der Waals surface area contributed by atoms with Crippen LogP contribution in [0.1, 0.15) is 36.8 Å². The summed E-state index contributed by atoms with van der Waals surface area (Å²) < 4.78 is 5.52. The normalized spacial score (nSPS) is 23.9. The predicted molar refractivity (Wildman–Crippen MR) is 132 cm³/mol. The lowest BCUT2D eigenvalue weighted by molar-refractivity contribution is -0.115. The zero-order chi connectivity index (χ0) is 23.7. The van der Waals surface area contributed by atoms with E-state index in [0.29, 0.717) is 24.9 Å². The summed E-state index contributed by atoms with van der Waals surface area (Å²) >= 11 is 6.69. The van der Waals surface area contributed by atoms with Crippen molar-refractivity contribution in [2.75, 3.05) is 31.6 Å². The lowest BCUT2D eigenvalue weighted by Gasteiger charge is -2.43. The summed E-state index contributed by atoms with van der Waals surface area (Å²) in [5.74, 6) is 0.730. The third-order valence-electron chi connectivity index (χ3n) is 7.24. The molecule has 178 valence electrons. The minimum Gasteiger partial charge on any atom is -0.389 e. The summed E-state index contributed by atoms with van der Waals surface area (Å²) in [6, 6.07) is 9.69. The van der Waals surface area contributed by atoms with Crippen molar-refractivity contribution in [3.05, 3.63) is 65.1 Å². The van der Waals surface area contributed by atoms with Crippen molar-refractivity contribution in [1.29, 1.82) is 0 Å². The minimum atomic E-state index is -0.451. The number of benzene rings is 1. The molecule has 2 saturated heterocycles. The monoisotopic (exact) mass is 480 g/mol. The van der Waals surface area contributed by atoms with Gasteiger partial charge in [0.2, 0.25) is 5.91 Å². The van der Waals surface area contributed by atoms with Gasteiger partial charge in [-0.25, -0.2) is 4.98 Å². The number of halogens is 1. The lowest BCUT2D eigenvalue weighted by Crippen LogP contribution is -2.56. The smallest absolute Gasteiger partial charge is 0.230 e. The fraction of sp³-hybridized carbons (Fsp3) is 0.423. The topological polar surface area (TPSA) is 87.6 Å². The van der Waals surface area contributed by atoms with Gasteiger partial charge in [0.1, 0.15) is 5.82 Å². The van der Waals surface area contributed by atoms with Gasteiger partial charge in [-0.15, -0.1) is 0 Å². The van der Waals surface area contributed by atoms with Gasteiger partial charge in [0.15, 0.2) is 0 Å². The van der Waals surface area contributed by atoms with Crippen molar-refractivity contribution in [3.8, 4) is 0 Å². The molecule has 2 aliphatic rings. The number of aliphatic hydroxyl groups excluding tert-OH is 1. The van der Waals surface area contributed by atoms with E-state index in [-0.39, 0.29) is 17.9 Å². The first-order chi connectivity index (χ1) is 16.4. The number of nitrogens with one attached hydrogen (secondary N) is 1. The van der Waals surface area contributed by atoms with Crippen LogP contribution in [0.2, 0.25) is 5.02 Å². The third kappa shape index (κ3) is 4.66. The van der Waals surface area contributed by atoms with E-state index in [1.807, 2.05) is 24.3 Å². The largest absolute Gasteiger partial charge is 0.389 e. The van der Waals surface area contributed by atoms with E-state index in [1.54, 1.807) is 18.6 Å². The molecule has 2 atom stereocenters. The van der Waals surface area contributed by atoms with Gasteiger partial charge < -0.3 is 15.2 Å². The summed E-state index contributed by atoms with van der Waals surface area (Å²) in [5.41, 5.74) is 1.67. The maximum atomic E-state index is 12.4. The fourth-order valence-electron chi connectivity index (χ4n) is 5.10.